The van der Waals surface area contributed by atoms with E-state index in [0.717, 1.165) is 5.69 Å². The molecule has 54 valence electrons. The molecule has 0 amide bonds. The molecular formula is C7H11N2O+. The first kappa shape index (κ1) is 7.02. The van der Waals surface area contributed by atoms with Gasteiger partial charge in [-0.1, -0.05) is 0 Å². The molecule has 0 saturated carbocycles. The van der Waals surface area contributed by atoms with E-state index in [1.165, 1.54) is 0 Å². The lowest BCUT2D eigenvalue weighted by atomic mass is 10.3. The van der Waals surface area contributed by atoms with Crippen LogP contribution in [0, 0.1) is 0 Å². The Morgan fingerprint density at radius 1 is 1.60 bits per heavy atom. The lowest BCUT2D eigenvalue weighted by Crippen LogP contribution is -2.34. The van der Waals surface area contributed by atoms with Crippen LogP contribution in [-0.2, 0) is 13.6 Å². The van der Waals surface area contributed by atoms with E-state index in [9.17, 15) is 0 Å². The third kappa shape index (κ3) is 1.25. The summed E-state index contributed by atoms with van der Waals surface area (Å²) in [5.41, 5.74) is 6.40. The Labute approximate surface area is 59.7 Å². The largest absolute Gasteiger partial charge is 0.503 e. The van der Waals surface area contributed by atoms with Gasteiger partial charge in [0.15, 0.2) is 11.4 Å². The summed E-state index contributed by atoms with van der Waals surface area (Å²) in [4.78, 5) is 0. The number of nitrogens with zero attached hydrogens (tertiary/aromatic N) is 1. The Morgan fingerprint density at radius 3 is 2.80 bits per heavy atom. The number of hydrogen-bond donors (Lipinski definition) is 2. The van der Waals surface area contributed by atoms with Crippen LogP contribution in [-0.4, -0.2) is 5.11 Å². The van der Waals surface area contributed by atoms with Crippen molar-refractivity contribution in [3.63, 3.8) is 0 Å². The molecule has 0 spiro atoms. The minimum atomic E-state index is 0.264. The van der Waals surface area contributed by atoms with Gasteiger partial charge in [0.1, 0.15) is 7.05 Å². The highest BCUT2D eigenvalue weighted by atomic mass is 16.3. The number of aryl methyl sites for hydroxylation is 1. The quantitative estimate of drug-likeness (QED) is 0.524. The van der Waals surface area contributed by atoms with Gasteiger partial charge in [-0.15, -0.1) is 0 Å². The highest BCUT2D eigenvalue weighted by Crippen LogP contribution is 2.02. The van der Waals surface area contributed by atoms with E-state index < -0.39 is 0 Å². The van der Waals surface area contributed by atoms with Gasteiger partial charge in [-0.05, 0) is 6.07 Å². The average molecular weight is 139 g/mol. The molecule has 0 aliphatic rings. The number of pyridine rings is 1. The van der Waals surface area contributed by atoms with Crippen LogP contribution in [0.3, 0.4) is 0 Å². The molecule has 0 atom stereocenters. The van der Waals surface area contributed by atoms with Crippen LogP contribution in [0.1, 0.15) is 5.69 Å². The summed E-state index contributed by atoms with van der Waals surface area (Å²) in [6.07, 6.45) is 1.63. The highest BCUT2D eigenvalue weighted by molar-refractivity contribution is 5.13. The summed E-state index contributed by atoms with van der Waals surface area (Å²) >= 11 is 0. The summed E-state index contributed by atoms with van der Waals surface area (Å²) < 4.78 is 1.80. The standard InChI is InChI=1S/C7H10N2O/c1-9-5-7(10)3-2-6(9)4-8/h2-3,5H,4,8H2,1H3/p+1. The Kier molecular flexibility index (Phi) is 1.87. The molecule has 0 aromatic carbocycles. The number of aromatic nitrogens is 1. The molecule has 0 saturated heterocycles. The summed E-state index contributed by atoms with van der Waals surface area (Å²) in [6, 6.07) is 3.43. The lowest BCUT2D eigenvalue weighted by Gasteiger charge is -1.94. The van der Waals surface area contributed by atoms with Crippen molar-refractivity contribution >= 4 is 0 Å². The van der Waals surface area contributed by atoms with Gasteiger partial charge in [0.2, 0.25) is 6.20 Å². The maximum atomic E-state index is 8.97. The molecule has 0 aliphatic carbocycles. The summed E-state index contributed by atoms with van der Waals surface area (Å²) in [5, 5.41) is 8.97. The molecule has 3 heteroatoms. The minimum absolute atomic E-state index is 0.264. The van der Waals surface area contributed by atoms with Crippen molar-refractivity contribution in [1.82, 2.24) is 0 Å². The van der Waals surface area contributed by atoms with Crippen LogP contribution in [0.15, 0.2) is 18.3 Å². The average Bonchev–Trinajstić information content (AvgIpc) is 1.88. The molecule has 0 aliphatic heterocycles. The molecule has 0 bridgehead atoms. The first-order valence-corrected chi connectivity index (χ1v) is 3.11. The zero-order valence-corrected chi connectivity index (χ0v) is 5.91. The van der Waals surface area contributed by atoms with Crippen LogP contribution >= 0.6 is 0 Å². The van der Waals surface area contributed by atoms with E-state index in [0.29, 0.717) is 6.54 Å². The Balaban J connectivity index is 3.07. The predicted octanol–water partition coefficient (Wildman–Crippen LogP) is -0.325. The molecule has 1 aromatic heterocycles. The third-order valence-electron chi connectivity index (χ3n) is 1.43. The predicted molar refractivity (Wildman–Crippen MR) is 37.2 cm³/mol. The van der Waals surface area contributed by atoms with Gasteiger partial charge >= 0.3 is 0 Å². The van der Waals surface area contributed by atoms with Crippen molar-refractivity contribution < 1.29 is 9.67 Å². The van der Waals surface area contributed by atoms with E-state index in [1.54, 1.807) is 22.9 Å². The molecule has 3 nitrogen and oxygen atoms in total. The molecular weight excluding hydrogens is 128 g/mol. The molecule has 3 N–H and O–H groups in total. The van der Waals surface area contributed by atoms with Crippen LogP contribution in [0.4, 0.5) is 0 Å². The minimum Gasteiger partial charge on any atom is -0.503 e. The zero-order chi connectivity index (χ0) is 7.56. The number of nitrogens with two attached hydrogens (primary N) is 1. The van der Waals surface area contributed by atoms with Gasteiger partial charge in [-0.2, -0.15) is 0 Å². The van der Waals surface area contributed by atoms with E-state index in [2.05, 4.69) is 0 Å². The first-order valence-electron chi connectivity index (χ1n) is 3.11. The molecule has 1 heterocycles. The monoisotopic (exact) mass is 139 g/mol. The lowest BCUT2D eigenvalue weighted by molar-refractivity contribution is -0.679. The molecule has 1 rings (SSSR count). The second-order valence-electron chi connectivity index (χ2n) is 2.19. The molecule has 0 radical (unpaired) electrons. The van der Waals surface area contributed by atoms with Crippen molar-refractivity contribution in [3.05, 3.63) is 24.0 Å². The van der Waals surface area contributed by atoms with Gasteiger partial charge < -0.3 is 10.8 Å². The van der Waals surface area contributed by atoms with Gasteiger partial charge in [-0.3, -0.25) is 0 Å². The van der Waals surface area contributed by atoms with Gasteiger partial charge in [-0.25, -0.2) is 4.57 Å². The number of hydrogen-bond acceptors (Lipinski definition) is 2. The normalized spacial score (nSPS) is 9.80. The zero-order valence-electron chi connectivity index (χ0n) is 5.91. The van der Waals surface area contributed by atoms with Crippen LogP contribution in [0.5, 0.6) is 5.75 Å². The van der Waals surface area contributed by atoms with E-state index >= 15 is 0 Å². The maximum absolute atomic E-state index is 8.97. The third-order valence-corrected chi connectivity index (χ3v) is 1.43. The fourth-order valence-corrected chi connectivity index (χ4v) is 0.836. The van der Waals surface area contributed by atoms with Gasteiger partial charge in [0.25, 0.3) is 0 Å². The Bertz CT molecular complexity index is 235. The van der Waals surface area contributed by atoms with Gasteiger partial charge in [0, 0.05) is 6.07 Å². The summed E-state index contributed by atoms with van der Waals surface area (Å²) in [7, 11) is 1.85. The smallest absolute Gasteiger partial charge is 0.210 e. The van der Waals surface area contributed by atoms with E-state index in [1.807, 2.05) is 7.05 Å². The van der Waals surface area contributed by atoms with Crippen molar-refractivity contribution in [3.8, 4) is 5.75 Å². The SMILES string of the molecule is C[n+]1cc(O)ccc1CN. The van der Waals surface area contributed by atoms with E-state index in [-0.39, 0.29) is 5.75 Å². The first-order chi connectivity index (χ1) is 4.74. The fourth-order valence-electron chi connectivity index (χ4n) is 0.836. The second kappa shape index (κ2) is 2.66. The molecule has 0 unspecified atom stereocenters. The maximum Gasteiger partial charge on any atom is 0.210 e. The van der Waals surface area contributed by atoms with E-state index in [4.69, 9.17) is 10.8 Å². The van der Waals surface area contributed by atoms with Crippen molar-refractivity contribution in [2.45, 2.75) is 6.54 Å². The van der Waals surface area contributed by atoms with Crippen molar-refractivity contribution in [1.29, 1.82) is 0 Å². The number of aromatic hydroxyl groups is 1. The topological polar surface area (TPSA) is 50.1 Å². The molecule has 0 fully saturated rings. The Hall–Kier alpha value is -1.09. The fraction of sp³-hybridized carbons (Fsp3) is 0.286. The number of rotatable bonds is 1. The summed E-state index contributed by atoms with van der Waals surface area (Å²) in [6.45, 7) is 0.497. The van der Waals surface area contributed by atoms with Crippen molar-refractivity contribution in [2.24, 2.45) is 12.8 Å². The highest BCUT2D eigenvalue weighted by Gasteiger charge is 2.02. The second-order valence-corrected chi connectivity index (χ2v) is 2.19. The Morgan fingerprint density at radius 2 is 2.30 bits per heavy atom. The molecule has 10 heavy (non-hydrogen) atoms. The van der Waals surface area contributed by atoms with Crippen LogP contribution in [0.25, 0.3) is 0 Å². The molecule has 1 aromatic rings. The summed E-state index contributed by atoms with van der Waals surface area (Å²) in [5.74, 6) is 0.264. The van der Waals surface area contributed by atoms with Crippen LogP contribution in [0.2, 0.25) is 0 Å². The van der Waals surface area contributed by atoms with Crippen LogP contribution < -0.4 is 10.3 Å². The van der Waals surface area contributed by atoms with Crippen molar-refractivity contribution in [2.75, 3.05) is 0 Å². The van der Waals surface area contributed by atoms with Gasteiger partial charge in [0.05, 0.1) is 6.54 Å².